The first kappa shape index (κ1) is 15.8. The molecule has 2 aliphatic rings. The van der Waals surface area contributed by atoms with Crippen LogP contribution in [0.4, 0.5) is 0 Å². The third kappa shape index (κ3) is 3.34. The summed E-state index contributed by atoms with van der Waals surface area (Å²) < 4.78 is 11.2. The summed E-state index contributed by atoms with van der Waals surface area (Å²) in [6.45, 7) is 8.52. The average Bonchev–Trinajstić information content (AvgIpc) is 2.23. The SMILES string of the molecule is CC1CC2CC(C)(O)CC(C(OC=O)OC(C)C)(C1)C2. The number of rotatable bonds is 5. The predicted octanol–water partition coefficient (Wildman–Crippen LogP) is 2.88. The summed E-state index contributed by atoms with van der Waals surface area (Å²) in [6, 6.07) is 0. The highest BCUT2D eigenvalue weighted by Gasteiger charge is 2.54. The predicted molar refractivity (Wildman–Crippen MR) is 76.0 cm³/mol. The second-order valence-electron chi connectivity index (χ2n) is 7.60. The molecule has 0 radical (unpaired) electrons. The average molecular weight is 284 g/mol. The van der Waals surface area contributed by atoms with E-state index in [1.54, 1.807) is 0 Å². The van der Waals surface area contributed by atoms with Crippen LogP contribution in [-0.4, -0.2) is 29.6 Å². The van der Waals surface area contributed by atoms with E-state index in [0.717, 1.165) is 25.7 Å². The summed E-state index contributed by atoms with van der Waals surface area (Å²) >= 11 is 0. The molecule has 0 amide bonds. The number of hydrogen-bond donors (Lipinski definition) is 1. The minimum atomic E-state index is -0.687. The molecule has 5 unspecified atom stereocenters. The second kappa shape index (κ2) is 5.64. The van der Waals surface area contributed by atoms with Crippen molar-refractivity contribution in [2.75, 3.05) is 0 Å². The van der Waals surface area contributed by atoms with E-state index in [1.807, 2.05) is 20.8 Å². The summed E-state index contributed by atoms with van der Waals surface area (Å²) in [7, 11) is 0. The van der Waals surface area contributed by atoms with Crippen LogP contribution in [0.25, 0.3) is 0 Å². The second-order valence-corrected chi connectivity index (χ2v) is 7.60. The van der Waals surface area contributed by atoms with Crippen molar-refractivity contribution in [3.8, 4) is 0 Å². The van der Waals surface area contributed by atoms with Crippen LogP contribution in [0.3, 0.4) is 0 Å². The Balaban J connectivity index is 2.27. The molecule has 2 bridgehead atoms. The molecule has 0 aromatic rings. The van der Waals surface area contributed by atoms with Gasteiger partial charge in [-0.2, -0.15) is 0 Å². The molecule has 2 fully saturated rings. The number of carbonyl (C=O) groups excluding carboxylic acids is 1. The van der Waals surface area contributed by atoms with Gasteiger partial charge in [-0.05, 0) is 64.7 Å². The Kier molecular flexibility index (Phi) is 4.45. The molecule has 0 spiro atoms. The van der Waals surface area contributed by atoms with E-state index in [-0.39, 0.29) is 11.5 Å². The maximum absolute atomic E-state index is 10.9. The van der Waals surface area contributed by atoms with Crippen LogP contribution in [0.2, 0.25) is 0 Å². The van der Waals surface area contributed by atoms with Crippen molar-refractivity contribution in [3.63, 3.8) is 0 Å². The molecular weight excluding hydrogens is 256 g/mol. The third-order valence-corrected chi connectivity index (χ3v) is 4.72. The molecule has 0 aliphatic heterocycles. The summed E-state index contributed by atoms with van der Waals surface area (Å²) in [5.74, 6) is 1.08. The van der Waals surface area contributed by atoms with Crippen molar-refractivity contribution < 1.29 is 19.4 Å². The molecule has 0 heterocycles. The van der Waals surface area contributed by atoms with Gasteiger partial charge in [-0.25, -0.2) is 0 Å². The summed E-state index contributed by atoms with van der Waals surface area (Å²) in [5, 5.41) is 10.6. The Labute approximate surface area is 121 Å². The first-order valence-corrected chi connectivity index (χ1v) is 7.73. The third-order valence-electron chi connectivity index (χ3n) is 4.72. The quantitative estimate of drug-likeness (QED) is 0.623. The Bertz CT molecular complexity index is 348. The van der Waals surface area contributed by atoms with E-state index in [0.29, 0.717) is 24.7 Å². The zero-order chi connectivity index (χ0) is 15.0. The van der Waals surface area contributed by atoms with Crippen molar-refractivity contribution in [2.45, 2.75) is 77.8 Å². The van der Waals surface area contributed by atoms with E-state index in [4.69, 9.17) is 9.47 Å². The van der Waals surface area contributed by atoms with Crippen molar-refractivity contribution in [2.24, 2.45) is 17.3 Å². The topological polar surface area (TPSA) is 55.8 Å². The summed E-state index contributed by atoms with van der Waals surface area (Å²) in [5.41, 5.74) is -0.927. The van der Waals surface area contributed by atoms with Crippen LogP contribution < -0.4 is 0 Å². The number of carbonyl (C=O) groups is 1. The fourth-order valence-electron chi connectivity index (χ4n) is 4.73. The van der Waals surface area contributed by atoms with Gasteiger partial charge in [0.05, 0.1) is 11.7 Å². The summed E-state index contributed by atoms with van der Waals surface area (Å²) in [6.07, 6.45) is 4.02. The van der Waals surface area contributed by atoms with Crippen LogP contribution in [0.15, 0.2) is 0 Å². The van der Waals surface area contributed by atoms with Gasteiger partial charge < -0.3 is 14.6 Å². The minimum Gasteiger partial charge on any atom is -0.437 e. The van der Waals surface area contributed by atoms with Crippen molar-refractivity contribution in [1.82, 2.24) is 0 Å². The molecule has 2 rings (SSSR count). The lowest BCUT2D eigenvalue weighted by Crippen LogP contribution is -2.54. The van der Waals surface area contributed by atoms with Gasteiger partial charge in [-0.3, -0.25) is 4.79 Å². The van der Waals surface area contributed by atoms with Crippen LogP contribution in [0, 0.1) is 17.3 Å². The van der Waals surface area contributed by atoms with Gasteiger partial charge in [0.1, 0.15) is 0 Å². The van der Waals surface area contributed by atoms with E-state index >= 15 is 0 Å². The monoisotopic (exact) mass is 284 g/mol. The van der Waals surface area contributed by atoms with Crippen LogP contribution in [0.1, 0.15) is 59.8 Å². The minimum absolute atomic E-state index is 0.00289. The van der Waals surface area contributed by atoms with Gasteiger partial charge in [0, 0.05) is 5.41 Å². The molecule has 0 saturated heterocycles. The first-order chi connectivity index (χ1) is 9.26. The van der Waals surface area contributed by atoms with Gasteiger partial charge >= 0.3 is 0 Å². The Hall–Kier alpha value is -0.610. The van der Waals surface area contributed by atoms with Crippen LogP contribution in [0.5, 0.6) is 0 Å². The van der Waals surface area contributed by atoms with Gasteiger partial charge in [0.15, 0.2) is 0 Å². The molecule has 20 heavy (non-hydrogen) atoms. The Morgan fingerprint density at radius 2 is 2.00 bits per heavy atom. The molecule has 1 N–H and O–H groups in total. The smallest absolute Gasteiger partial charge is 0.295 e. The maximum Gasteiger partial charge on any atom is 0.295 e. The fraction of sp³-hybridized carbons (Fsp3) is 0.938. The molecule has 116 valence electrons. The fourth-order valence-corrected chi connectivity index (χ4v) is 4.73. The van der Waals surface area contributed by atoms with Crippen molar-refractivity contribution in [1.29, 1.82) is 0 Å². The van der Waals surface area contributed by atoms with Gasteiger partial charge in [-0.15, -0.1) is 0 Å². The first-order valence-electron chi connectivity index (χ1n) is 7.73. The standard InChI is InChI=1S/C16H28O4/c1-11(2)20-14(19-10-17)16-6-12(3)5-13(8-16)7-15(4,18)9-16/h10-14,18H,5-9H2,1-4H3. The lowest BCUT2D eigenvalue weighted by Gasteiger charge is -2.54. The normalized spacial score (nSPS) is 42.3. The molecule has 5 atom stereocenters. The highest BCUT2D eigenvalue weighted by molar-refractivity contribution is 5.37. The number of ether oxygens (including phenoxy) is 2. The van der Waals surface area contributed by atoms with Crippen LogP contribution >= 0.6 is 0 Å². The van der Waals surface area contributed by atoms with E-state index < -0.39 is 11.9 Å². The van der Waals surface area contributed by atoms with Gasteiger partial charge in [-0.1, -0.05) is 6.92 Å². The maximum atomic E-state index is 10.9. The Morgan fingerprint density at radius 1 is 1.30 bits per heavy atom. The zero-order valence-electron chi connectivity index (χ0n) is 13.1. The molecule has 2 saturated carbocycles. The molecule has 4 heteroatoms. The van der Waals surface area contributed by atoms with Crippen molar-refractivity contribution >= 4 is 6.47 Å². The van der Waals surface area contributed by atoms with Crippen LogP contribution in [-0.2, 0) is 14.3 Å². The highest BCUT2D eigenvalue weighted by Crippen LogP contribution is 2.56. The largest absolute Gasteiger partial charge is 0.437 e. The Morgan fingerprint density at radius 3 is 2.60 bits per heavy atom. The van der Waals surface area contributed by atoms with E-state index in [2.05, 4.69) is 6.92 Å². The molecule has 0 aromatic heterocycles. The van der Waals surface area contributed by atoms with Crippen molar-refractivity contribution in [3.05, 3.63) is 0 Å². The molecule has 2 aliphatic carbocycles. The number of fused-ring (bicyclic) bond motifs is 2. The lowest BCUT2D eigenvalue weighted by atomic mass is 9.55. The lowest BCUT2D eigenvalue weighted by molar-refractivity contribution is -0.249. The zero-order valence-corrected chi connectivity index (χ0v) is 13.1. The molecule has 0 aromatic carbocycles. The number of hydrogen-bond acceptors (Lipinski definition) is 4. The number of aliphatic hydroxyl groups is 1. The van der Waals surface area contributed by atoms with Gasteiger partial charge in [0.25, 0.3) is 6.47 Å². The molecule has 4 nitrogen and oxygen atoms in total. The van der Waals surface area contributed by atoms with E-state index in [1.165, 1.54) is 0 Å². The summed E-state index contributed by atoms with van der Waals surface area (Å²) in [4.78, 5) is 10.9. The highest BCUT2D eigenvalue weighted by atomic mass is 16.7. The van der Waals surface area contributed by atoms with Gasteiger partial charge in [0.2, 0.25) is 6.29 Å². The van der Waals surface area contributed by atoms with E-state index in [9.17, 15) is 9.90 Å². The molecular formula is C16H28O4.